The van der Waals surface area contributed by atoms with Crippen molar-refractivity contribution in [3.8, 4) is 0 Å². The van der Waals surface area contributed by atoms with E-state index in [1.807, 2.05) is 18.2 Å². The van der Waals surface area contributed by atoms with E-state index in [1.165, 1.54) is 12.1 Å². The average molecular weight is 275 g/mol. The number of benzene rings is 1. The van der Waals surface area contributed by atoms with Crippen LogP contribution in [0.1, 0.15) is 11.7 Å². The second kappa shape index (κ2) is 5.63. The summed E-state index contributed by atoms with van der Waals surface area (Å²) in [5.74, 6) is -0.280. The number of pyridine rings is 1. The molecular weight excluding hydrogens is 257 g/mol. The molecule has 0 aliphatic rings. The van der Waals surface area contributed by atoms with Crippen LogP contribution in [0, 0.1) is 5.82 Å². The lowest BCUT2D eigenvalue weighted by Crippen LogP contribution is -2.44. The number of halogens is 1. The van der Waals surface area contributed by atoms with Gasteiger partial charge in [-0.25, -0.2) is 4.39 Å². The first-order chi connectivity index (χ1) is 8.99. The molecule has 2 aromatic rings. The van der Waals surface area contributed by atoms with Gasteiger partial charge in [-0.2, -0.15) is 0 Å². The molecule has 0 saturated carbocycles. The molecule has 4 heteroatoms. The van der Waals surface area contributed by atoms with Gasteiger partial charge in [-0.05, 0) is 35.9 Å². The number of nitrogens with zero attached hydrogens (tertiary/aromatic N) is 1. The van der Waals surface area contributed by atoms with Gasteiger partial charge in [0.1, 0.15) is 13.9 Å². The van der Waals surface area contributed by atoms with E-state index in [0.717, 1.165) is 10.9 Å². The SMILES string of the molecule is C[Si](C)(CC(O)c1ccc(F)cc1)c1ccccn1. The van der Waals surface area contributed by atoms with Gasteiger partial charge in [0.2, 0.25) is 0 Å². The minimum Gasteiger partial charge on any atom is -0.389 e. The van der Waals surface area contributed by atoms with Gasteiger partial charge in [0.15, 0.2) is 0 Å². The lowest BCUT2D eigenvalue weighted by molar-refractivity contribution is 0.197. The molecule has 1 aromatic heterocycles. The first-order valence-corrected chi connectivity index (χ1v) is 9.55. The Hall–Kier alpha value is -1.52. The van der Waals surface area contributed by atoms with Crippen LogP contribution in [0.2, 0.25) is 19.1 Å². The van der Waals surface area contributed by atoms with Crippen molar-refractivity contribution < 1.29 is 9.50 Å². The number of aliphatic hydroxyl groups is 1. The van der Waals surface area contributed by atoms with Crippen LogP contribution in [0.5, 0.6) is 0 Å². The lowest BCUT2D eigenvalue weighted by atomic mass is 10.1. The summed E-state index contributed by atoms with van der Waals surface area (Å²) in [6.45, 7) is 4.37. The van der Waals surface area contributed by atoms with Gasteiger partial charge in [-0.15, -0.1) is 0 Å². The van der Waals surface area contributed by atoms with Crippen LogP contribution in [-0.4, -0.2) is 18.2 Å². The van der Waals surface area contributed by atoms with Crippen molar-refractivity contribution in [2.75, 3.05) is 0 Å². The summed E-state index contributed by atoms with van der Waals surface area (Å²) in [5.41, 5.74) is 0.762. The lowest BCUT2D eigenvalue weighted by Gasteiger charge is -2.24. The third-order valence-corrected chi connectivity index (χ3v) is 6.41. The molecule has 2 rings (SSSR count). The Morgan fingerprint density at radius 3 is 2.42 bits per heavy atom. The zero-order chi connectivity index (χ0) is 13.9. The van der Waals surface area contributed by atoms with Gasteiger partial charge in [0.05, 0.1) is 6.10 Å². The van der Waals surface area contributed by atoms with Gasteiger partial charge < -0.3 is 5.11 Å². The molecule has 0 aliphatic carbocycles. The maximum absolute atomic E-state index is 12.9. The zero-order valence-electron chi connectivity index (χ0n) is 11.2. The van der Waals surface area contributed by atoms with Crippen molar-refractivity contribution in [1.82, 2.24) is 4.98 Å². The largest absolute Gasteiger partial charge is 0.389 e. The van der Waals surface area contributed by atoms with Crippen molar-refractivity contribution in [3.63, 3.8) is 0 Å². The van der Waals surface area contributed by atoms with E-state index in [2.05, 4.69) is 18.1 Å². The minimum atomic E-state index is -1.79. The number of hydrogen-bond donors (Lipinski definition) is 1. The van der Waals surface area contributed by atoms with Crippen molar-refractivity contribution in [1.29, 1.82) is 0 Å². The molecule has 1 aromatic carbocycles. The molecule has 0 spiro atoms. The van der Waals surface area contributed by atoms with Crippen LogP contribution in [0.4, 0.5) is 4.39 Å². The van der Waals surface area contributed by atoms with E-state index < -0.39 is 14.2 Å². The fourth-order valence-corrected chi connectivity index (χ4v) is 4.54. The van der Waals surface area contributed by atoms with E-state index >= 15 is 0 Å². The van der Waals surface area contributed by atoms with Gasteiger partial charge >= 0.3 is 0 Å². The van der Waals surface area contributed by atoms with E-state index in [4.69, 9.17) is 0 Å². The van der Waals surface area contributed by atoms with Crippen molar-refractivity contribution in [2.24, 2.45) is 0 Å². The summed E-state index contributed by atoms with van der Waals surface area (Å²) >= 11 is 0. The molecule has 19 heavy (non-hydrogen) atoms. The summed E-state index contributed by atoms with van der Waals surface area (Å²) in [6.07, 6.45) is 1.22. The van der Waals surface area contributed by atoms with Crippen LogP contribution in [0.25, 0.3) is 0 Å². The topological polar surface area (TPSA) is 33.1 Å². The number of rotatable bonds is 4. The maximum Gasteiger partial charge on any atom is 0.123 e. The Morgan fingerprint density at radius 2 is 1.84 bits per heavy atom. The molecular formula is C15H18FNOSi. The third-order valence-electron chi connectivity index (χ3n) is 3.32. The Morgan fingerprint density at radius 1 is 1.16 bits per heavy atom. The molecule has 1 unspecified atom stereocenters. The highest BCUT2D eigenvalue weighted by Gasteiger charge is 2.28. The fourth-order valence-electron chi connectivity index (χ4n) is 2.15. The highest BCUT2D eigenvalue weighted by molar-refractivity contribution is 6.89. The second-order valence-corrected chi connectivity index (χ2v) is 10.1. The molecule has 0 saturated heterocycles. The van der Waals surface area contributed by atoms with Crippen LogP contribution in [0.15, 0.2) is 48.7 Å². The zero-order valence-corrected chi connectivity index (χ0v) is 12.2. The van der Waals surface area contributed by atoms with Crippen molar-refractivity contribution in [2.45, 2.75) is 25.2 Å². The molecule has 0 fully saturated rings. The summed E-state index contributed by atoms with van der Waals surface area (Å²) in [5, 5.41) is 11.4. The van der Waals surface area contributed by atoms with Gasteiger partial charge in [0, 0.05) is 11.5 Å². The molecule has 2 nitrogen and oxygen atoms in total. The Kier molecular flexibility index (Phi) is 4.12. The van der Waals surface area contributed by atoms with E-state index in [9.17, 15) is 9.50 Å². The predicted molar refractivity (Wildman–Crippen MR) is 77.5 cm³/mol. The minimum absolute atomic E-state index is 0.280. The quantitative estimate of drug-likeness (QED) is 0.870. The van der Waals surface area contributed by atoms with Crippen LogP contribution in [-0.2, 0) is 0 Å². The number of hydrogen-bond acceptors (Lipinski definition) is 2. The monoisotopic (exact) mass is 275 g/mol. The van der Waals surface area contributed by atoms with Crippen LogP contribution >= 0.6 is 0 Å². The average Bonchev–Trinajstić information content (AvgIpc) is 2.40. The first-order valence-electron chi connectivity index (χ1n) is 6.34. The normalized spacial score (nSPS) is 13.3. The van der Waals surface area contributed by atoms with Gasteiger partial charge in [0.25, 0.3) is 0 Å². The van der Waals surface area contributed by atoms with E-state index in [-0.39, 0.29) is 5.82 Å². The Labute approximate surface area is 114 Å². The van der Waals surface area contributed by atoms with E-state index in [1.54, 1.807) is 18.3 Å². The summed E-state index contributed by atoms with van der Waals surface area (Å²) in [4.78, 5) is 4.40. The van der Waals surface area contributed by atoms with Gasteiger partial charge in [-0.1, -0.05) is 31.3 Å². The van der Waals surface area contributed by atoms with Crippen molar-refractivity contribution >= 4 is 13.4 Å². The molecule has 1 atom stereocenters. The van der Waals surface area contributed by atoms with Crippen molar-refractivity contribution in [3.05, 3.63) is 60.0 Å². The van der Waals surface area contributed by atoms with Gasteiger partial charge in [-0.3, -0.25) is 4.98 Å². The summed E-state index contributed by atoms with van der Waals surface area (Å²) < 4.78 is 12.9. The Balaban J connectivity index is 2.14. The Bertz CT molecular complexity index is 528. The molecule has 0 radical (unpaired) electrons. The number of aliphatic hydroxyl groups excluding tert-OH is 1. The molecule has 1 N–H and O–H groups in total. The summed E-state index contributed by atoms with van der Waals surface area (Å²) in [7, 11) is -1.79. The molecule has 0 bridgehead atoms. The van der Waals surface area contributed by atoms with Crippen LogP contribution in [0.3, 0.4) is 0 Å². The predicted octanol–water partition coefficient (Wildman–Crippen LogP) is 2.87. The summed E-state index contributed by atoms with van der Waals surface area (Å²) in [6, 6.07) is 12.6. The number of aromatic nitrogens is 1. The molecule has 0 aliphatic heterocycles. The third kappa shape index (κ3) is 3.49. The molecule has 0 amide bonds. The highest BCUT2D eigenvalue weighted by atomic mass is 28.3. The standard InChI is InChI=1S/C15H18FNOSi/c1-19(2,15-5-3-4-10-17-15)11-14(18)12-6-8-13(16)9-7-12/h3-10,14,18H,11H2,1-2H3. The molecule has 1 heterocycles. The smallest absolute Gasteiger partial charge is 0.123 e. The maximum atomic E-state index is 12.9. The van der Waals surface area contributed by atoms with Crippen LogP contribution < -0.4 is 5.32 Å². The molecule has 100 valence electrons. The fraction of sp³-hybridized carbons (Fsp3) is 0.267. The highest BCUT2D eigenvalue weighted by Crippen LogP contribution is 2.24. The van der Waals surface area contributed by atoms with E-state index in [0.29, 0.717) is 6.04 Å². The second-order valence-electron chi connectivity index (χ2n) is 5.37. The first kappa shape index (κ1) is 13.9.